The lowest BCUT2D eigenvalue weighted by Gasteiger charge is -1.96. The zero-order valence-corrected chi connectivity index (χ0v) is 8.40. The largest absolute Gasteiger partial charge is 0.317 e. The highest BCUT2D eigenvalue weighted by molar-refractivity contribution is 5.39. The minimum absolute atomic E-state index is 0.996. The average Bonchev–Trinajstić information content (AvgIpc) is 2.60. The molecule has 0 fully saturated rings. The van der Waals surface area contributed by atoms with Gasteiger partial charge >= 0.3 is 0 Å². The van der Waals surface area contributed by atoms with Crippen molar-refractivity contribution in [1.82, 2.24) is 14.7 Å². The molecule has 0 atom stereocenters. The van der Waals surface area contributed by atoms with E-state index in [9.17, 15) is 0 Å². The predicted molar refractivity (Wildman–Crippen MR) is 57.4 cm³/mol. The Balaban J connectivity index is 2.11. The van der Waals surface area contributed by atoms with Crippen LogP contribution in [0.5, 0.6) is 0 Å². The van der Waals surface area contributed by atoms with E-state index in [2.05, 4.69) is 27.8 Å². The Morgan fingerprint density at radius 3 is 3.14 bits per heavy atom. The number of likely N-dealkylation sites (N-methyl/N-ethyl adjacent to an activating group) is 1. The van der Waals surface area contributed by atoms with Crippen molar-refractivity contribution in [2.45, 2.75) is 13.3 Å². The van der Waals surface area contributed by atoms with E-state index in [0.29, 0.717) is 0 Å². The van der Waals surface area contributed by atoms with Crippen LogP contribution in [0.25, 0.3) is 5.65 Å². The maximum Gasteiger partial charge on any atom is 0.136 e. The second-order valence-corrected chi connectivity index (χ2v) is 3.30. The van der Waals surface area contributed by atoms with Gasteiger partial charge in [-0.3, -0.25) is 0 Å². The molecule has 0 radical (unpaired) electrons. The Morgan fingerprint density at radius 2 is 2.36 bits per heavy atom. The highest BCUT2D eigenvalue weighted by Crippen LogP contribution is 2.04. The molecule has 0 saturated heterocycles. The molecule has 0 spiro atoms. The van der Waals surface area contributed by atoms with Crippen LogP contribution in [-0.4, -0.2) is 22.5 Å². The summed E-state index contributed by atoms with van der Waals surface area (Å²) in [7, 11) is 0. The normalized spacial score (nSPS) is 10.9. The molecule has 2 rings (SSSR count). The maximum absolute atomic E-state index is 4.51. The summed E-state index contributed by atoms with van der Waals surface area (Å²) in [6, 6.07) is 6.05. The highest BCUT2D eigenvalue weighted by atomic mass is 15.0. The van der Waals surface area contributed by atoms with Crippen LogP contribution in [0.2, 0.25) is 0 Å². The van der Waals surface area contributed by atoms with E-state index in [1.54, 1.807) is 0 Å². The fourth-order valence-electron chi connectivity index (χ4n) is 1.50. The molecular weight excluding hydrogens is 174 g/mol. The van der Waals surface area contributed by atoms with E-state index < -0.39 is 0 Å². The molecule has 14 heavy (non-hydrogen) atoms. The zero-order chi connectivity index (χ0) is 9.80. The fraction of sp³-hybridized carbons (Fsp3) is 0.364. The van der Waals surface area contributed by atoms with Crippen molar-refractivity contribution in [3.63, 3.8) is 0 Å². The number of hydrogen-bond acceptors (Lipinski definition) is 2. The van der Waals surface area contributed by atoms with E-state index in [1.165, 1.54) is 0 Å². The van der Waals surface area contributed by atoms with Crippen molar-refractivity contribution >= 4 is 5.65 Å². The van der Waals surface area contributed by atoms with Crippen LogP contribution >= 0.6 is 0 Å². The van der Waals surface area contributed by atoms with E-state index in [1.807, 2.05) is 24.4 Å². The number of rotatable bonds is 4. The molecule has 0 aliphatic rings. The third-order valence-electron chi connectivity index (χ3n) is 2.22. The number of pyridine rings is 1. The van der Waals surface area contributed by atoms with Crippen molar-refractivity contribution in [2.24, 2.45) is 0 Å². The predicted octanol–water partition coefficient (Wildman–Crippen LogP) is 1.49. The van der Waals surface area contributed by atoms with Gasteiger partial charge in [0, 0.05) is 25.4 Å². The average molecular weight is 189 g/mol. The summed E-state index contributed by atoms with van der Waals surface area (Å²) in [4.78, 5) is 4.51. The van der Waals surface area contributed by atoms with Crippen LogP contribution < -0.4 is 5.32 Å². The Labute approximate surface area is 83.8 Å². The van der Waals surface area contributed by atoms with Gasteiger partial charge < -0.3 is 9.72 Å². The van der Waals surface area contributed by atoms with Gasteiger partial charge in [0.1, 0.15) is 5.65 Å². The van der Waals surface area contributed by atoms with E-state index >= 15 is 0 Å². The summed E-state index contributed by atoms with van der Waals surface area (Å²) in [5.41, 5.74) is 2.18. The quantitative estimate of drug-likeness (QED) is 0.738. The number of nitrogens with zero attached hydrogens (tertiary/aromatic N) is 2. The van der Waals surface area contributed by atoms with Crippen molar-refractivity contribution < 1.29 is 0 Å². The smallest absolute Gasteiger partial charge is 0.136 e. The summed E-state index contributed by atoms with van der Waals surface area (Å²) >= 11 is 0. The lowest BCUT2D eigenvalue weighted by Crippen LogP contribution is -2.16. The van der Waals surface area contributed by atoms with E-state index in [-0.39, 0.29) is 0 Å². The molecule has 3 heteroatoms. The van der Waals surface area contributed by atoms with Crippen LogP contribution in [0.4, 0.5) is 0 Å². The summed E-state index contributed by atoms with van der Waals surface area (Å²) in [6.07, 6.45) is 5.11. The van der Waals surface area contributed by atoms with Gasteiger partial charge in [-0.15, -0.1) is 0 Å². The summed E-state index contributed by atoms with van der Waals surface area (Å²) < 4.78 is 2.06. The summed E-state index contributed by atoms with van der Waals surface area (Å²) in [6.45, 7) is 4.14. The fourth-order valence-corrected chi connectivity index (χ4v) is 1.50. The maximum atomic E-state index is 4.51. The number of fused-ring (bicyclic) bond motifs is 1. The standard InChI is InChI=1S/C11H15N3/c1-2-12-7-6-10-9-14-8-4-3-5-11(14)13-10/h3-5,8-9,12H,2,6-7H2,1H3. The van der Waals surface area contributed by atoms with Crippen LogP contribution in [0.15, 0.2) is 30.6 Å². The monoisotopic (exact) mass is 189 g/mol. The van der Waals surface area contributed by atoms with Gasteiger partial charge in [-0.05, 0) is 18.7 Å². The molecule has 0 aromatic carbocycles. The first kappa shape index (κ1) is 9.21. The molecular formula is C11H15N3. The van der Waals surface area contributed by atoms with Crippen molar-refractivity contribution in [2.75, 3.05) is 13.1 Å². The van der Waals surface area contributed by atoms with Crippen LogP contribution in [-0.2, 0) is 6.42 Å². The number of imidazole rings is 1. The van der Waals surface area contributed by atoms with Gasteiger partial charge in [0.05, 0.1) is 5.69 Å². The zero-order valence-electron chi connectivity index (χ0n) is 8.40. The van der Waals surface area contributed by atoms with Gasteiger partial charge in [-0.1, -0.05) is 13.0 Å². The van der Waals surface area contributed by atoms with Crippen LogP contribution in [0, 0.1) is 0 Å². The van der Waals surface area contributed by atoms with Gasteiger partial charge in [0.15, 0.2) is 0 Å². The Bertz CT molecular complexity index is 373. The Morgan fingerprint density at radius 1 is 1.43 bits per heavy atom. The molecule has 2 heterocycles. The third kappa shape index (κ3) is 1.93. The second kappa shape index (κ2) is 4.24. The molecule has 2 aromatic rings. The first-order valence-electron chi connectivity index (χ1n) is 5.03. The van der Waals surface area contributed by atoms with Crippen molar-refractivity contribution in [1.29, 1.82) is 0 Å². The molecule has 0 unspecified atom stereocenters. The Hall–Kier alpha value is -1.35. The SMILES string of the molecule is CCNCCc1cn2ccccc2n1. The third-order valence-corrected chi connectivity index (χ3v) is 2.22. The van der Waals surface area contributed by atoms with E-state index in [4.69, 9.17) is 0 Å². The molecule has 2 aromatic heterocycles. The van der Waals surface area contributed by atoms with Gasteiger partial charge in [0.25, 0.3) is 0 Å². The second-order valence-electron chi connectivity index (χ2n) is 3.30. The Kier molecular flexibility index (Phi) is 2.79. The number of aromatic nitrogens is 2. The van der Waals surface area contributed by atoms with Gasteiger partial charge in [-0.2, -0.15) is 0 Å². The first-order valence-corrected chi connectivity index (χ1v) is 5.03. The number of nitrogens with one attached hydrogen (secondary N) is 1. The molecule has 0 bridgehead atoms. The summed E-state index contributed by atoms with van der Waals surface area (Å²) in [5, 5.41) is 3.29. The minimum Gasteiger partial charge on any atom is -0.317 e. The van der Waals surface area contributed by atoms with Crippen LogP contribution in [0.1, 0.15) is 12.6 Å². The van der Waals surface area contributed by atoms with Crippen molar-refractivity contribution in [3.8, 4) is 0 Å². The highest BCUT2D eigenvalue weighted by Gasteiger charge is 1.99. The molecule has 0 aliphatic heterocycles. The topological polar surface area (TPSA) is 29.3 Å². The molecule has 3 nitrogen and oxygen atoms in total. The van der Waals surface area contributed by atoms with Gasteiger partial charge in [0.2, 0.25) is 0 Å². The molecule has 0 amide bonds. The minimum atomic E-state index is 0.996. The molecule has 1 N–H and O–H groups in total. The lowest BCUT2D eigenvalue weighted by molar-refractivity contribution is 0.710. The van der Waals surface area contributed by atoms with E-state index in [0.717, 1.165) is 30.9 Å². The van der Waals surface area contributed by atoms with Crippen LogP contribution in [0.3, 0.4) is 0 Å². The molecule has 0 aliphatic carbocycles. The first-order chi connectivity index (χ1) is 6.90. The molecule has 74 valence electrons. The number of hydrogen-bond donors (Lipinski definition) is 1. The summed E-state index contributed by atoms with van der Waals surface area (Å²) in [5.74, 6) is 0. The van der Waals surface area contributed by atoms with Crippen molar-refractivity contribution in [3.05, 3.63) is 36.3 Å². The van der Waals surface area contributed by atoms with Gasteiger partial charge in [-0.25, -0.2) is 4.98 Å². The lowest BCUT2D eigenvalue weighted by atomic mass is 10.3. The molecule has 0 saturated carbocycles.